The number of nitrogens with one attached hydrogen (secondary N) is 1. The molecular weight excluding hydrogens is 444 g/mol. The number of carbonyl (C=O) groups is 3. The van der Waals surface area contributed by atoms with Gasteiger partial charge < -0.3 is 10.1 Å². The number of para-hydroxylation sites is 3. The van der Waals surface area contributed by atoms with Crippen LogP contribution in [0, 0.1) is 0 Å². The fourth-order valence-corrected chi connectivity index (χ4v) is 5.77. The van der Waals surface area contributed by atoms with Crippen molar-refractivity contribution in [1.29, 1.82) is 0 Å². The van der Waals surface area contributed by atoms with Crippen molar-refractivity contribution in [3.63, 3.8) is 0 Å². The first-order chi connectivity index (χ1) is 15.6. The Kier molecular flexibility index (Phi) is 5.63. The molecule has 32 heavy (non-hydrogen) atoms. The molecule has 0 saturated heterocycles. The van der Waals surface area contributed by atoms with E-state index in [1.54, 1.807) is 16.7 Å². The van der Waals surface area contributed by atoms with Gasteiger partial charge in [-0.3, -0.25) is 19.3 Å². The first kappa shape index (κ1) is 20.7. The number of ether oxygens (including phenoxy) is 1. The summed E-state index contributed by atoms with van der Waals surface area (Å²) in [4.78, 5) is 42.3. The van der Waals surface area contributed by atoms with Crippen LogP contribution in [0.4, 0.5) is 17.1 Å². The van der Waals surface area contributed by atoms with Crippen LogP contribution in [0.1, 0.15) is 6.42 Å². The Hall–Kier alpha value is -3.23. The molecule has 1 unspecified atom stereocenters. The fraction of sp³-hybridized carbons (Fsp3) is 0.125. The molecule has 0 fully saturated rings. The predicted molar refractivity (Wildman–Crippen MR) is 124 cm³/mol. The fourth-order valence-electron chi connectivity index (χ4n) is 3.62. The molecule has 1 atom stereocenters. The molecule has 2 amide bonds. The summed E-state index contributed by atoms with van der Waals surface area (Å²) in [6, 6.07) is 22.7. The highest BCUT2D eigenvalue weighted by Crippen LogP contribution is 2.47. The highest BCUT2D eigenvalue weighted by atomic mass is 32.2. The smallest absolute Gasteiger partial charge is 0.307 e. The number of benzene rings is 3. The van der Waals surface area contributed by atoms with Crippen molar-refractivity contribution in [2.24, 2.45) is 0 Å². The van der Waals surface area contributed by atoms with E-state index in [4.69, 9.17) is 4.74 Å². The summed E-state index contributed by atoms with van der Waals surface area (Å²) in [6.45, 7) is -0.401. The van der Waals surface area contributed by atoms with E-state index in [1.807, 2.05) is 72.8 Å². The van der Waals surface area contributed by atoms with E-state index < -0.39 is 17.8 Å². The van der Waals surface area contributed by atoms with E-state index in [0.717, 1.165) is 31.7 Å². The zero-order valence-electron chi connectivity index (χ0n) is 16.8. The number of nitrogens with zero attached hydrogens (tertiary/aromatic N) is 1. The summed E-state index contributed by atoms with van der Waals surface area (Å²) in [5.74, 6) is -1.17. The average molecular weight is 463 g/mol. The van der Waals surface area contributed by atoms with Gasteiger partial charge in [0.05, 0.1) is 28.7 Å². The molecule has 2 aliphatic heterocycles. The molecule has 3 aromatic carbocycles. The van der Waals surface area contributed by atoms with E-state index in [-0.39, 0.29) is 18.2 Å². The van der Waals surface area contributed by atoms with Gasteiger partial charge in [0.2, 0.25) is 5.91 Å². The molecular formula is C24H18N2O4S2. The van der Waals surface area contributed by atoms with E-state index in [0.29, 0.717) is 0 Å². The van der Waals surface area contributed by atoms with Gasteiger partial charge in [-0.15, -0.1) is 11.8 Å². The number of carbonyl (C=O) groups excluding carboxylic acids is 3. The van der Waals surface area contributed by atoms with E-state index in [2.05, 4.69) is 5.32 Å². The zero-order valence-corrected chi connectivity index (χ0v) is 18.4. The topological polar surface area (TPSA) is 75.7 Å². The van der Waals surface area contributed by atoms with Gasteiger partial charge in [0.15, 0.2) is 6.61 Å². The number of hydrogen-bond acceptors (Lipinski definition) is 6. The van der Waals surface area contributed by atoms with Crippen molar-refractivity contribution in [1.82, 2.24) is 0 Å². The van der Waals surface area contributed by atoms with Gasteiger partial charge in [-0.05, 0) is 36.4 Å². The highest BCUT2D eigenvalue weighted by molar-refractivity contribution is 8.01. The first-order valence-corrected chi connectivity index (χ1v) is 11.7. The molecule has 0 aromatic heterocycles. The van der Waals surface area contributed by atoms with Gasteiger partial charge in [-0.2, -0.15) is 0 Å². The molecule has 2 heterocycles. The van der Waals surface area contributed by atoms with Crippen LogP contribution < -0.4 is 10.2 Å². The summed E-state index contributed by atoms with van der Waals surface area (Å²) in [6.07, 6.45) is -0.110. The highest BCUT2D eigenvalue weighted by Gasteiger charge is 2.31. The molecule has 0 radical (unpaired) electrons. The van der Waals surface area contributed by atoms with Crippen molar-refractivity contribution in [3.05, 3.63) is 72.8 Å². The number of fused-ring (bicyclic) bond motifs is 3. The molecule has 1 N–H and O–H groups in total. The Labute approximate surface area is 193 Å². The molecule has 3 aromatic rings. The normalized spacial score (nSPS) is 16.3. The second-order valence-electron chi connectivity index (χ2n) is 7.22. The quantitative estimate of drug-likeness (QED) is 0.558. The monoisotopic (exact) mass is 462 g/mol. The van der Waals surface area contributed by atoms with Crippen molar-refractivity contribution < 1.29 is 19.1 Å². The molecule has 8 heteroatoms. The molecule has 0 bridgehead atoms. The van der Waals surface area contributed by atoms with Crippen LogP contribution in [0.3, 0.4) is 0 Å². The van der Waals surface area contributed by atoms with Crippen molar-refractivity contribution >= 4 is 58.4 Å². The van der Waals surface area contributed by atoms with Crippen LogP contribution in [-0.2, 0) is 19.1 Å². The third-order valence-electron chi connectivity index (χ3n) is 5.10. The van der Waals surface area contributed by atoms with Gasteiger partial charge in [-0.1, -0.05) is 48.2 Å². The maximum Gasteiger partial charge on any atom is 0.307 e. The summed E-state index contributed by atoms with van der Waals surface area (Å²) < 4.78 is 5.30. The SMILES string of the molecule is O=C(CC1Sc2ccccc2NC1=O)OCC(=O)N1c2ccccc2Sc2ccccc21. The third kappa shape index (κ3) is 3.99. The van der Waals surface area contributed by atoms with Gasteiger partial charge in [0.25, 0.3) is 5.91 Å². The Bertz CT molecular complexity index is 1180. The number of hydrogen-bond donors (Lipinski definition) is 1. The van der Waals surface area contributed by atoms with Crippen molar-refractivity contribution in [2.75, 3.05) is 16.8 Å². The first-order valence-electron chi connectivity index (χ1n) is 10.0. The Morgan fingerprint density at radius 1 is 0.875 bits per heavy atom. The Morgan fingerprint density at radius 3 is 2.16 bits per heavy atom. The molecule has 2 aliphatic rings. The lowest BCUT2D eigenvalue weighted by atomic mass is 10.2. The van der Waals surface area contributed by atoms with Gasteiger partial charge in [0.1, 0.15) is 0 Å². The molecule has 6 nitrogen and oxygen atoms in total. The lowest BCUT2D eigenvalue weighted by Crippen LogP contribution is -2.34. The number of rotatable bonds is 4. The van der Waals surface area contributed by atoms with E-state index in [9.17, 15) is 14.4 Å². The minimum atomic E-state index is -0.597. The van der Waals surface area contributed by atoms with E-state index >= 15 is 0 Å². The van der Waals surface area contributed by atoms with Crippen molar-refractivity contribution in [2.45, 2.75) is 26.4 Å². The average Bonchev–Trinajstić information content (AvgIpc) is 2.81. The Balaban J connectivity index is 1.27. The second-order valence-corrected chi connectivity index (χ2v) is 9.55. The maximum absolute atomic E-state index is 13.1. The number of thioether (sulfide) groups is 1. The lowest BCUT2D eigenvalue weighted by Gasteiger charge is -2.30. The minimum absolute atomic E-state index is 0.110. The predicted octanol–water partition coefficient (Wildman–Crippen LogP) is 4.86. The molecule has 0 aliphatic carbocycles. The number of anilines is 3. The molecule has 5 rings (SSSR count). The molecule has 160 valence electrons. The van der Waals surface area contributed by atoms with Crippen LogP contribution in [0.2, 0.25) is 0 Å². The summed E-state index contributed by atoms with van der Waals surface area (Å²) in [5, 5.41) is 2.21. The van der Waals surface area contributed by atoms with Gasteiger partial charge >= 0.3 is 5.97 Å². The third-order valence-corrected chi connectivity index (χ3v) is 7.50. The minimum Gasteiger partial charge on any atom is -0.455 e. The number of esters is 1. The summed E-state index contributed by atoms with van der Waals surface area (Å²) >= 11 is 2.92. The lowest BCUT2D eigenvalue weighted by molar-refractivity contribution is -0.148. The van der Waals surface area contributed by atoms with Gasteiger partial charge in [-0.25, -0.2) is 0 Å². The second kappa shape index (κ2) is 8.72. The Morgan fingerprint density at radius 2 is 1.47 bits per heavy atom. The largest absolute Gasteiger partial charge is 0.455 e. The van der Waals surface area contributed by atoms with Crippen LogP contribution in [0.25, 0.3) is 0 Å². The molecule has 0 saturated carbocycles. The van der Waals surface area contributed by atoms with Gasteiger partial charge in [0, 0.05) is 14.7 Å². The van der Waals surface area contributed by atoms with Crippen LogP contribution in [-0.4, -0.2) is 29.6 Å². The standard InChI is InChI=1S/C24H18N2O4S2/c27-22(26-16-8-2-5-11-19(16)32-20-12-6-3-9-17(20)26)14-30-23(28)13-21-24(29)25-15-7-1-4-10-18(15)31-21/h1-12,21H,13-14H2,(H,25,29). The van der Waals surface area contributed by atoms with Crippen LogP contribution in [0.15, 0.2) is 87.5 Å². The number of amides is 2. The van der Waals surface area contributed by atoms with Crippen LogP contribution in [0.5, 0.6) is 0 Å². The van der Waals surface area contributed by atoms with E-state index in [1.165, 1.54) is 11.8 Å². The zero-order chi connectivity index (χ0) is 22.1. The molecule has 0 spiro atoms. The van der Waals surface area contributed by atoms with Crippen LogP contribution >= 0.6 is 23.5 Å². The van der Waals surface area contributed by atoms with Crippen molar-refractivity contribution in [3.8, 4) is 0 Å². The summed E-state index contributed by atoms with van der Waals surface area (Å²) in [5.41, 5.74) is 2.26. The maximum atomic E-state index is 13.1. The summed E-state index contributed by atoms with van der Waals surface area (Å²) in [7, 11) is 0.